The Morgan fingerprint density at radius 2 is 2.07 bits per heavy atom. The summed E-state index contributed by atoms with van der Waals surface area (Å²) >= 11 is 4.47. The van der Waals surface area contributed by atoms with Crippen LogP contribution in [0.2, 0.25) is 6.32 Å². The molecule has 0 radical (unpaired) electrons. The van der Waals surface area contributed by atoms with Crippen LogP contribution in [0.5, 0.6) is 0 Å². The Labute approximate surface area is 183 Å². The van der Waals surface area contributed by atoms with Crippen LogP contribution in [-0.2, 0) is 6.42 Å². The number of aliphatic imine (C=N–C) groups is 1. The summed E-state index contributed by atoms with van der Waals surface area (Å²) in [7, 11) is 2.18. The molecule has 0 saturated carbocycles. The van der Waals surface area contributed by atoms with Crippen LogP contribution in [0.15, 0.2) is 23.5 Å². The first-order valence-corrected chi connectivity index (χ1v) is 10.9. The Hall–Kier alpha value is -2.39. The lowest BCUT2D eigenvalue weighted by Gasteiger charge is -2.28. The van der Waals surface area contributed by atoms with Gasteiger partial charge >= 0.3 is 0 Å². The van der Waals surface area contributed by atoms with Crippen molar-refractivity contribution in [2.45, 2.75) is 45.5 Å². The van der Waals surface area contributed by atoms with Gasteiger partial charge in [0.2, 0.25) is 0 Å². The summed E-state index contributed by atoms with van der Waals surface area (Å²) < 4.78 is 6.04. The van der Waals surface area contributed by atoms with Crippen molar-refractivity contribution in [3.05, 3.63) is 46.7 Å². The van der Waals surface area contributed by atoms with E-state index in [4.69, 9.17) is 10.2 Å². The Morgan fingerprint density at radius 3 is 2.77 bits per heavy atom. The molecule has 0 aliphatic carbocycles. The highest BCUT2D eigenvalue weighted by atomic mass is 32.1. The second-order valence-electron chi connectivity index (χ2n) is 8.00. The predicted molar refractivity (Wildman–Crippen MR) is 128 cm³/mol. The van der Waals surface area contributed by atoms with Gasteiger partial charge in [0.25, 0.3) is 0 Å². The van der Waals surface area contributed by atoms with Gasteiger partial charge in [-0.15, -0.1) is 0 Å². The van der Waals surface area contributed by atoms with Crippen molar-refractivity contribution < 1.29 is 0 Å². The van der Waals surface area contributed by atoms with Crippen molar-refractivity contribution in [2.24, 2.45) is 4.99 Å². The lowest BCUT2D eigenvalue weighted by molar-refractivity contribution is 0.277. The maximum Gasteiger partial charge on any atom is 0.156 e. The Morgan fingerprint density at radius 1 is 1.30 bits per heavy atom. The molecule has 1 aliphatic rings. The van der Waals surface area contributed by atoms with Crippen LogP contribution in [0.3, 0.4) is 0 Å². The van der Waals surface area contributed by atoms with E-state index in [0.717, 1.165) is 78.2 Å². The van der Waals surface area contributed by atoms with Gasteiger partial charge in [-0.2, -0.15) is 10.2 Å². The zero-order valence-electron chi connectivity index (χ0n) is 17.9. The van der Waals surface area contributed by atoms with E-state index in [-0.39, 0.29) is 0 Å². The lowest BCUT2D eigenvalue weighted by Crippen LogP contribution is -2.28. The van der Waals surface area contributed by atoms with E-state index in [2.05, 4.69) is 58.6 Å². The summed E-state index contributed by atoms with van der Waals surface area (Å²) in [6.45, 7) is 9.78. The van der Waals surface area contributed by atoms with E-state index < -0.39 is 0 Å². The monoisotopic (exact) mass is 421 g/mol. The minimum absolute atomic E-state index is 0.414. The Kier molecular flexibility index (Phi) is 6.10. The van der Waals surface area contributed by atoms with Gasteiger partial charge in [-0.1, -0.05) is 19.1 Å². The van der Waals surface area contributed by atoms with Crippen LogP contribution in [0.25, 0.3) is 17.4 Å². The molecule has 30 heavy (non-hydrogen) atoms. The highest BCUT2D eigenvalue weighted by Gasteiger charge is 2.21. The summed E-state index contributed by atoms with van der Waals surface area (Å²) in [6.07, 6.45) is 10.2. The molecule has 1 aliphatic heterocycles. The predicted octanol–water partition coefficient (Wildman–Crippen LogP) is 2.82. The van der Waals surface area contributed by atoms with Crippen molar-refractivity contribution in [3.63, 3.8) is 0 Å². The van der Waals surface area contributed by atoms with Crippen molar-refractivity contribution in [2.75, 3.05) is 13.1 Å². The van der Waals surface area contributed by atoms with Crippen LogP contribution in [-0.4, -0.2) is 56.3 Å². The van der Waals surface area contributed by atoms with Crippen molar-refractivity contribution >= 4 is 44.8 Å². The highest BCUT2D eigenvalue weighted by Crippen LogP contribution is 2.27. The van der Waals surface area contributed by atoms with Crippen molar-refractivity contribution in [1.29, 1.82) is 0 Å². The summed E-state index contributed by atoms with van der Waals surface area (Å²) in [5, 5.41) is 9.65. The van der Waals surface area contributed by atoms with Crippen molar-refractivity contribution in [3.8, 4) is 0 Å². The molecule has 7 nitrogen and oxygen atoms in total. The topological polar surface area (TPSA) is 63.6 Å². The van der Waals surface area contributed by atoms with Crippen molar-refractivity contribution in [1.82, 2.24) is 28.7 Å². The molecule has 1 saturated heterocycles. The van der Waals surface area contributed by atoms with Gasteiger partial charge in [-0.25, -0.2) is 9.50 Å². The van der Waals surface area contributed by atoms with Gasteiger partial charge in [0.15, 0.2) is 5.65 Å². The highest BCUT2D eigenvalue weighted by molar-refractivity contribution is 7.77. The quantitative estimate of drug-likeness (QED) is 0.378. The number of aryl methyl sites for hydroxylation is 3. The zero-order valence-corrected chi connectivity index (χ0v) is 18.8. The first kappa shape index (κ1) is 20.9. The molecule has 9 heteroatoms. The molecule has 0 amide bonds. The third-order valence-electron chi connectivity index (χ3n) is 5.60. The number of hydrogen-bond acceptors (Lipinski definition) is 6. The molecule has 0 N–H and O–H groups in total. The summed E-state index contributed by atoms with van der Waals surface area (Å²) in [4.78, 5) is 8.84. The minimum atomic E-state index is 0.414. The number of thiol groups is 1. The molecule has 3 aromatic rings. The number of aromatic nitrogens is 5. The zero-order chi connectivity index (χ0) is 21.3. The fraction of sp³-hybridized carbons (Fsp3) is 0.429. The van der Waals surface area contributed by atoms with E-state index in [1.165, 1.54) is 0 Å². The molecule has 0 spiro atoms. The number of nitrogens with zero attached hydrogens (tertiary/aromatic N) is 7. The largest absolute Gasteiger partial charge is 0.269 e. The molecule has 0 unspecified atom stereocenters. The number of imidazole rings is 1. The fourth-order valence-electron chi connectivity index (χ4n) is 4.02. The maximum atomic E-state index is 4.93. The van der Waals surface area contributed by atoms with Crippen LogP contribution in [0, 0.1) is 13.8 Å². The number of hydrogen-bond donors (Lipinski definition) is 1. The van der Waals surface area contributed by atoms with Crippen LogP contribution in [0.1, 0.15) is 47.1 Å². The average Bonchev–Trinajstić information content (AvgIpc) is 3.30. The molecule has 0 aromatic carbocycles. The smallest absolute Gasteiger partial charge is 0.156 e. The van der Waals surface area contributed by atoms with Crippen LogP contribution in [0.4, 0.5) is 0 Å². The number of fused-ring (bicyclic) bond motifs is 1. The second-order valence-corrected chi connectivity index (χ2v) is 8.56. The molecular weight excluding hydrogens is 393 g/mol. The molecule has 1 fully saturated rings. The van der Waals surface area contributed by atoms with E-state index in [0.29, 0.717) is 6.04 Å². The molecule has 0 bridgehead atoms. The lowest BCUT2D eigenvalue weighted by atomic mass is 9.98. The molecule has 156 valence electrons. The summed E-state index contributed by atoms with van der Waals surface area (Å²) in [5.41, 5.74) is 6.59. The summed E-state index contributed by atoms with van der Waals surface area (Å²) in [6, 6.07) is 2.44. The molecule has 4 heterocycles. The fourth-order valence-corrected chi connectivity index (χ4v) is 4.25. The normalized spacial score (nSPS) is 16.4. The molecular formula is C21H28BN7S. The third-order valence-corrected chi connectivity index (χ3v) is 6.00. The molecule has 0 atom stereocenters. The first-order valence-electron chi connectivity index (χ1n) is 10.5. The maximum absolute atomic E-state index is 4.93. The van der Waals surface area contributed by atoms with Gasteiger partial charge in [0, 0.05) is 24.8 Å². The average molecular weight is 421 g/mol. The molecule has 3 aromatic heterocycles. The van der Waals surface area contributed by atoms with Gasteiger partial charge in [-0.05, 0) is 57.5 Å². The Bertz CT molecular complexity index is 1090. The number of piperidine rings is 1. The summed E-state index contributed by atoms with van der Waals surface area (Å²) in [5.74, 6) is 0. The van der Waals surface area contributed by atoms with Gasteiger partial charge in [0.05, 0.1) is 29.3 Å². The second kappa shape index (κ2) is 8.77. The standard InChI is InChI=1S/C21H28BN7S/c1-14-10-20(26-29-12-15(2)24-21(14)29)19(23-3)11-16-13-28(25-18(16)4-7-22)17-5-8-27(30)9-6-17/h10-13,17,30H,3-9,22H2,1-2H3/b19-11-. The first-order chi connectivity index (χ1) is 14.5. The molecule has 4 rings (SSSR count). The van der Waals surface area contributed by atoms with Gasteiger partial charge < -0.3 is 0 Å². The minimum Gasteiger partial charge on any atom is -0.269 e. The van der Waals surface area contributed by atoms with Crippen LogP contribution < -0.4 is 0 Å². The third kappa shape index (κ3) is 4.22. The SMILES string of the molecule is BCCc1nn(C2CCN(S)CC2)cc1/C=C(\N=C)c1cc(C)c2nc(C)cn2n1. The van der Waals surface area contributed by atoms with Crippen LogP contribution >= 0.6 is 12.8 Å². The van der Waals surface area contributed by atoms with E-state index in [1.807, 2.05) is 30.6 Å². The Balaban J connectivity index is 1.71. The van der Waals surface area contributed by atoms with E-state index in [1.54, 1.807) is 0 Å². The van der Waals surface area contributed by atoms with Gasteiger partial charge in [-0.3, -0.25) is 14.0 Å². The number of rotatable bonds is 6. The van der Waals surface area contributed by atoms with E-state index in [9.17, 15) is 0 Å². The van der Waals surface area contributed by atoms with Gasteiger partial charge in [0.1, 0.15) is 13.5 Å². The van der Waals surface area contributed by atoms with E-state index >= 15 is 0 Å².